The lowest BCUT2D eigenvalue weighted by Gasteiger charge is -2.26. The third kappa shape index (κ3) is 3.66. The molecule has 1 aromatic heterocycles. The maximum absolute atomic E-state index is 13.2. The Morgan fingerprint density at radius 2 is 2.00 bits per heavy atom. The average molecular weight is 313 g/mol. The van der Waals surface area contributed by atoms with Gasteiger partial charge in [0.15, 0.2) is 0 Å². The van der Waals surface area contributed by atoms with E-state index in [1.165, 1.54) is 19.3 Å². The first-order valence-electron chi connectivity index (χ1n) is 7.90. The summed E-state index contributed by atoms with van der Waals surface area (Å²) in [5.74, 6) is -3.52. The van der Waals surface area contributed by atoms with Gasteiger partial charge in [-0.25, -0.2) is 8.78 Å². The van der Waals surface area contributed by atoms with Gasteiger partial charge in [-0.05, 0) is 32.8 Å². The van der Waals surface area contributed by atoms with Crippen LogP contribution in [0.2, 0.25) is 0 Å². The average Bonchev–Trinajstić information content (AvgIpc) is 2.81. The van der Waals surface area contributed by atoms with Crippen LogP contribution >= 0.6 is 0 Å². The Labute approximate surface area is 130 Å². The minimum absolute atomic E-state index is 0.417. The van der Waals surface area contributed by atoms with Gasteiger partial charge in [-0.15, -0.1) is 0 Å². The van der Waals surface area contributed by atoms with Crippen molar-refractivity contribution in [3.8, 4) is 0 Å². The molecule has 1 amide bonds. The molecule has 1 fully saturated rings. The minimum atomic E-state index is -3.06. The molecule has 3 N–H and O–H groups in total. The van der Waals surface area contributed by atoms with E-state index in [2.05, 4.69) is 9.88 Å². The van der Waals surface area contributed by atoms with E-state index in [1.807, 2.05) is 13.8 Å². The van der Waals surface area contributed by atoms with Crippen LogP contribution in [0.1, 0.15) is 59.9 Å². The highest BCUT2D eigenvalue weighted by Crippen LogP contribution is 2.32. The van der Waals surface area contributed by atoms with Gasteiger partial charge in [0.05, 0.1) is 18.7 Å². The summed E-state index contributed by atoms with van der Waals surface area (Å²) in [6.07, 6.45) is 5.89. The fourth-order valence-electron chi connectivity index (χ4n) is 3.29. The van der Waals surface area contributed by atoms with Gasteiger partial charge in [-0.3, -0.25) is 4.79 Å². The van der Waals surface area contributed by atoms with Crippen molar-refractivity contribution < 1.29 is 13.6 Å². The summed E-state index contributed by atoms with van der Waals surface area (Å²) in [4.78, 5) is 12.2. The molecular weight excluding hydrogens is 288 g/mol. The third-order valence-corrected chi connectivity index (χ3v) is 4.48. The van der Waals surface area contributed by atoms with Crippen LogP contribution in [0.15, 0.2) is 6.07 Å². The number of aryl methyl sites for hydroxylation is 1. The van der Waals surface area contributed by atoms with Gasteiger partial charge in [0.2, 0.25) is 0 Å². The minimum Gasteiger partial charge on any atom is -0.346 e. The molecule has 1 aromatic rings. The molecule has 0 aliphatic heterocycles. The summed E-state index contributed by atoms with van der Waals surface area (Å²) in [5.41, 5.74) is 7.34. The van der Waals surface area contributed by atoms with Crippen LogP contribution in [-0.2, 0) is 0 Å². The second kappa shape index (κ2) is 6.77. The van der Waals surface area contributed by atoms with Crippen LogP contribution < -0.4 is 11.1 Å². The van der Waals surface area contributed by atoms with Crippen molar-refractivity contribution in [3.05, 3.63) is 23.0 Å². The lowest BCUT2D eigenvalue weighted by atomic mass is 9.95. The van der Waals surface area contributed by atoms with Gasteiger partial charge in [-0.1, -0.05) is 19.3 Å². The van der Waals surface area contributed by atoms with E-state index in [0.717, 1.165) is 24.2 Å². The first-order valence-corrected chi connectivity index (χ1v) is 7.90. The lowest BCUT2D eigenvalue weighted by molar-refractivity contribution is 0.0118. The highest BCUT2D eigenvalue weighted by atomic mass is 19.3. The second-order valence-corrected chi connectivity index (χ2v) is 6.19. The summed E-state index contributed by atoms with van der Waals surface area (Å²) in [5, 5.41) is 2.29. The number of rotatable bonds is 5. The lowest BCUT2D eigenvalue weighted by Crippen LogP contribution is -2.41. The molecule has 2 rings (SSSR count). The Bertz CT molecular complexity index is 534. The molecule has 0 radical (unpaired) electrons. The van der Waals surface area contributed by atoms with E-state index in [9.17, 15) is 13.6 Å². The van der Waals surface area contributed by atoms with E-state index in [4.69, 9.17) is 5.73 Å². The zero-order valence-electron chi connectivity index (χ0n) is 13.3. The van der Waals surface area contributed by atoms with Crippen molar-refractivity contribution in [2.24, 2.45) is 5.73 Å². The topological polar surface area (TPSA) is 60.1 Å². The van der Waals surface area contributed by atoms with Crippen molar-refractivity contribution in [2.45, 2.75) is 57.9 Å². The number of nitrogens with two attached hydrogens (primary N) is 1. The summed E-state index contributed by atoms with van der Waals surface area (Å²) >= 11 is 0. The van der Waals surface area contributed by atoms with E-state index >= 15 is 0 Å². The molecule has 0 bridgehead atoms. The molecule has 1 saturated carbocycles. The molecule has 1 heterocycles. The van der Waals surface area contributed by atoms with Crippen molar-refractivity contribution >= 4 is 5.91 Å². The summed E-state index contributed by atoms with van der Waals surface area (Å²) in [6.45, 7) is 2.36. The van der Waals surface area contributed by atoms with Gasteiger partial charge >= 0.3 is 0 Å². The molecule has 6 heteroatoms. The highest BCUT2D eigenvalue weighted by molar-refractivity contribution is 5.95. The maximum Gasteiger partial charge on any atom is 0.277 e. The SMILES string of the molecule is Cc1cc(C(=O)NCC(F)(F)CN)c(C)n1C1CCCCC1. The summed E-state index contributed by atoms with van der Waals surface area (Å²) < 4.78 is 28.5. The molecule has 0 atom stereocenters. The zero-order valence-corrected chi connectivity index (χ0v) is 13.3. The number of carbonyl (C=O) groups excluding carboxylic acids is 1. The van der Waals surface area contributed by atoms with Crippen LogP contribution in [0.25, 0.3) is 0 Å². The number of halogens is 2. The Balaban J connectivity index is 2.13. The maximum atomic E-state index is 13.2. The number of alkyl halides is 2. The van der Waals surface area contributed by atoms with E-state index < -0.39 is 24.9 Å². The predicted molar refractivity (Wildman–Crippen MR) is 82.4 cm³/mol. The van der Waals surface area contributed by atoms with E-state index in [1.54, 1.807) is 6.07 Å². The fourth-order valence-corrected chi connectivity index (χ4v) is 3.29. The number of hydrogen-bond donors (Lipinski definition) is 2. The molecule has 1 aliphatic carbocycles. The molecule has 124 valence electrons. The molecular formula is C16H25F2N3O. The van der Waals surface area contributed by atoms with Crippen LogP contribution in [0, 0.1) is 13.8 Å². The number of hydrogen-bond acceptors (Lipinski definition) is 2. The Morgan fingerprint density at radius 1 is 1.36 bits per heavy atom. The monoisotopic (exact) mass is 313 g/mol. The highest BCUT2D eigenvalue weighted by Gasteiger charge is 2.28. The van der Waals surface area contributed by atoms with E-state index in [0.29, 0.717) is 11.6 Å². The van der Waals surface area contributed by atoms with Crippen LogP contribution in [0.4, 0.5) is 8.78 Å². The quantitative estimate of drug-likeness (QED) is 0.878. The number of amides is 1. The van der Waals surface area contributed by atoms with Gasteiger partial charge < -0.3 is 15.6 Å². The van der Waals surface area contributed by atoms with Crippen LogP contribution in [0.3, 0.4) is 0 Å². The normalized spacial score (nSPS) is 16.8. The largest absolute Gasteiger partial charge is 0.346 e. The Kier molecular flexibility index (Phi) is 5.21. The van der Waals surface area contributed by atoms with Crippen molar-refractivity contribution in [1.29, 1.82) is 0 Å². The molecule has 22 heavy (non-hydrogen) atoms. The number of nitrogens with zero attached hydrogens (tertiary/aromatic N) is 1. The molecule has 4 nitrogen and oxygen atoms in total. The Morgan fingerprint density at radius 3 is 2.59 bits per heavy atom. The predicted octanol–water partition coefficient (Wildman–Crippen LogP) is 2.93. The third-order valence-electron chi connectivity index (χ3n) is 4.48. The molecule has 0 aromatic carbocycles. The van der Waals surface area contributed by atoms with Crippen molar-refractivity contribution in [3.63, 3.8) is 0 Å². The molecule has 0 unspecified atom stereocenters. The molecule has 1 aliphatic rings. The zero-order chi connectivity index (χ0) is 16.3. The van der Waals surface area contributed by atoms with Gasteiger partial charge in [0, 0.05) is 17.4 Å². The number of aromatic nitrogens is 1. The Hall–Kier alpha value is -1.43. The van der Waals surface area contributed by atoms with Crippen molar-refractivity contribution in [2.75, 3.05) is 13.1 Å². The number of carbonyl (C=O) groups is 1. The fraction of sp³-hybridized carbons (Fsp3) is 0.688. The molecule has 0 spiro atoms. The number of nitrogens with one attached hydrogen (secondary N) is 1. The van der Waals surface area contributed by atoms with Gasteiger partial charge in [-0.2, -0.15) is 0 Å². The summed E-state index contributed by atoms with van der Waals surface area (Å²) in [6, 6.07) is 2.21. The first kappa shape index (κ1) is 16.9. The van der Waals surface area contributed by atoms with Crippen LogP contribution in [0.5, 0.6) is 0 Å². The molecule has 0 saturated heterocycles. The van der Waals surface area contributed by atoms with Crippen LogP contribution in [-0.4, -0.2) is 29.5 Å². The smallest absolute Gasteiger partial charge is 0.277 e. The van der Waals surface area contributed by atoms with Gasteiger partial charge in [0.1, 0.15) is 0 Å². The van der Waals surface area contributed by atoms with Crippen molar-refractivity contribution in [1.82, 2.24) is 9.88 Å². The standard InChI is InChI=1S/C16H25F2N3O/c1-11-8-14(15(22)20-10-16(17,18)9-19)12(2)21(11)13-6-4-3-5-7-13/h8,13H,3-7,9-10,19H2,1-2H3,(H,20,22). The summed E-state index contributed by atoms with van der Waals surface area (Å²) in [7, 11) is 0. The first-order chi connectivity index (χ1) is 10.4. The van der Waals surface area contributed by atoms with E-state index in [-0.39, 0.29) is 0 Å². The van der Waals surface area contributed by atoms with Gasteiger partial charge in [0.25, 0.3) is 11.8 Å². The second-order valence-electron chi connectivity index (χ2n) is 6.19.